The molecule has 0 bridgehead atoms. The van der Waals surface area contributed by atoms with Crippen molar-refractivity contribution in [3.63, 3.8) is 0 Å². The first-order valence-electron chi connectivity index (χ1n) is 5.82. The first kappa shape index (κ1) is 14.2. The number of rotatable bonds is 3. The van der Waals surface area contributed by atoms with Gasteiger partial charge in [0.2, 0.25) is 5.82 Å². The third kappa shape index (κ3) is 3.23. The van der Waals surface area contributed by atoms with Crippen LogP contribution in [-0.4, -0.2) is 23.6 Å². The molecule has 1 aliphatic carbocycles. The quantitative estimate of drug-likeness (QED) is 0.858. The Bertz CT molecular complexity index is 580. The summed E-state index contributed by atoms with van der Waals surface area (Å²) in [7, 11) is -3.41. The van der Waals surface area contributed by atoms with E-state index in [1.165, 1.54) is 13.0 Å². The van der Waals surface area contributed by atoms with Crippen molar-refractivity contribution in [1.82, 2.24) is 9.97 Å². The summed E-state index contributed by atoms with van der Waals surface area (Å²) in [6, 6.07) is 1.28. The smallest absolute Gasteiger partial charge is 0.230 e. The zero-order valence-corrected chi connectivity index (χ0v) is 11.1. The maximum absolute atomic E-state index is 12.5. The number of nitrogens with zero attached hydrogens (tertiary/aromatic N) is 2. The fourth-order valence-electron chi connectivity index (χ4n) is 1.89. The maximum atomic E-state index is 12.5. The SMILES string of the molecule is Cc1cc(CS(=O)(=O)C2CCC2)nc(C(F)(F)F)n1. The third-order valence-corrected chi connectivity index (χ3v) is 5.26. The van der Waals surface area contributed by atoms with Crippen LogP contribution in [0.25, 0.3) is 0 Å². The van der Waals surface area contributed by atoms with E-state index in [4.69, 9.17) is 0 Å². The zero-order valence-electron chi connectivity index (χ0n) is 10.2. The van der Waals surface area contributed by atoms with E-state index in [9.17, 15) is 21.6 Å². The van der Waals surface area contributed by atoms with Crippen LogP contribution < -0.4 is 0 Å². The van der Waals surface area contributed by atoms with Crippen molar-refractivity contribution in [1.29, 1.82) is 0 Å². The highest BCUT2D eigenvalue weighted by Gasteiger charge is 2.36. The van der Waals surface area contributed by atoms with Crippen LogP contribution in [0, 0.1) is 6.92 Å². The van der Waals surface area contributed by atoms with Gasteiger partial charge >= 0.3 is 6.18 Å². The van der Waals surface area contributed by atoms with Crippen LogP contribution in [-0.2, 0) is 21.8 Å². The van der Waals surface area contributed by atoms with Crippen LogP contribution in [0.5, 0.6) is 0 Å². The van der Waals surface area contributed by atoms with E-state index in [2.05, 4.69) is 9.97 Å². The molecule has 0 saturated heterocycles. The standard InChI is InChI=1S/C11H13F3N2O2S/c1-7-5-8(16-10(15-7)11(12,13)14)6-19(17,18)9-3-2-4-9/h5,9H,2-4,6H2,1H3. The van der Waals surface area contributed by atoms with Crippen molar-refractivity contribution in [3.8, 4) is 0 Å². The number of hydrogen-bond acceptors (Lipinski definition) is 4. The lowest BCUT2D eigenvalue weighted by atomic mass is 10.0. The Labute approximate surface area is 109 Å². The van der Waals surface area contributed by atoms with E-state index in [1.807, 2.05) is 0 Å². The van der Waals surface area contributed by atoms with Crippen LogP contribution >= 0.6 is 0 Å². The molecule has 8 heteroatoms. The zero-order chi connectivity index (χ0) is 14.3. The van der Waals surface area contributed by atoms with E-state index in [0.717, 1.165) is 6.42 Å². The molecule has 1 aliphatic rings. The van der Waals surface area contributed by atoms with E-state index in [0.29, 0.717) is 12.8 Å². The van der Waals surface area contributed by atoms with Gasteiger partial charge in [-0.3, -0.25) is 0 Å². The van der Waals surface area contributed by atoms with E-state index in [1.54, 1.807) is 0 Å². The van der Waals surface area contributed by atoms with Crippen LogP contribution in [0.3, 0.4) is 0 Å². The molecule has 4 nitrogen and oxygen atoms in total. The summed E-state index contributed by atoms with van der Waals surface area (Å²) in [5, 5.41) is -0.433. The molecule has 106 valence electrons. The molecular formula is C11H13F3N2O2S. The molecule has 0 aliphatic heterocycles. The number of aryl methyl sites for hydroxylation is 1. The molecule has 0 unspecified atom stereocenters. The predicted molar refractivity (Wildman–Crippen MR) is 62.0 cm³/mol. The van der Waals surface area contributed by atoms with Gasteiger partial charge in [0.05, 0.1) is 16.7 Å². The number of sulfone groups is 1. The Morgan fingerprint density at radius 3 is 2.42 bits per heavy atom. The Morgan fingerprint density at radius 2 is 1.95 bits per heavy atom. The lowest BCUT2D eigenvalue weighted by Crippen LogP contribution is -2.30. The lowest BCUT2D eigenvalue weighted by molar-refractivity contribution is -0.145. The summed E-state index contributed by atoms with van der Waals surface area (Å²) in [5.41, 5.74) is 0.0212. The molecule has 1 aromatic heterocycles. The van der Waals surface area contributed by atoms with Crippen molar-refractivity contribution in [2.24, 2.45) is 0 Å². The van der Waals surface area contributed by atoms with Crippen LogP contribution in [0.15, 0.2) is 6.07 Å². The fourth-order valence-corrected chi connectivity index (χ4v) is 3.74. The minimum Gasteiger partial charge on any atom is -0.230 e. The normalized spacial score (nSPS) is 17.3. The highest BCUT2D eigenvalue weighted by atomic mass is 32.2. The molecule has 19 heavy (non-hydrogen) atoms. The van der Waals surface area contributed by atoms with Crippen molar-refractivity contribution >= 4 is 9.84 Å². The average Bonchev–Trinajstić information content (AvgIpc) is 2.09. The molecule has 1 saturated carbocycles. The molecule has 1 heterocycles. The topological polar surface area (TPSA) is 59.9 Å². The van der Waals surface area contributed by atoms with Gasteiger partial charge in [0.25, 0.3) is 0 Å². The summed E-state index contributed by atoms with van der Waals surface area (Å²) in [6.07, 6.45) is -2.65. The molecule has 0 spiro atoms. The van der Waals surface area contributed by atoms with Crippen molar-refractivity contribution < 1.29 is 21.6 Å². The van der Waals surface area contributed by atoms with Crippen molar-refractivity contribution in [2.75, 3.05) is 0 Å². The minimum atomic E-state index is -4.67. The van der Waals surface area contributed by atoms with Crippen molar-refractivity contribution in [2.45, 2.75) is 43.4 Å². The number of alkyl halides is 3. The second-order valence-electron chi connectivity index (χ2n) is 4.68. The molecular weight excluding hydrogens is 281 g/mol. The second-order valence-corrected chi connectivity index (χ2v) is 6.96. The van der Waals surface area contributed by atoms with E-state index >= 15 is 0 Å². The highest BCUT2D eigenvalue weighted by molar-refractivity contribution is 7.91. The second kappa shape index (κ2) is 4.73. The third-order valence-electron chi connectivity index (χ3n) is 3.07. The first-order valence-corrected chi connectivity index (χ1v) is 7.53. The number of halogens is 3. The molecule has 0 N–H and O–H groups in total. The Morgan fingerprint density at radius 1 is 1.32 bits per heavy atom. The minimum absolute atomic E-state index is 0.0910. The van der Waals surface area contributed by atoms with Crippen LogP contribution in [0.4, 0.5) is 13.2 Å². The molecule has 1 fully saturated rings. The molecule has 0 radical (unpaired) electrons. The summed E-state index contributed by atoms with van der Waals surface area (Å²) >= 11 is 0. The van der Waals surface area contributed by atoms with Gasteiger partial charge in [-0.25, -0.2) is 18.4 Å². The Kier molecular flexibility index (Phi) is 3.55. The molecule has 2 rings (SSSR count). The monoisotopic (exact) mass is 294 g/mol. The molecule has 1 aromatic rings. The predicted octanol–water partition coefficient (Wildman–Crippen LogP) is 2.27. The number of hydrogen-bond donors (Lipinski definition) is 0. The summed E-state index contributed by atoms with van der Waals surface area (Å²) < 4.78 is 61.5. The van der Waals surface area contributed by atoms with Crippen LogP contribution in [0.2, 0.25) is 0 Å². The summed E-state index contributed by atoms with van der Waals surface area (Å²) in [5.74, 6) is -1.74. The van der Waals surface area contributed by atoms with Gasteiger partial charge < -0.3 is 0 Å². The molecule has 0 aromatic carbocycles. The fraction of sp³-hybridized carbons (Fsp3) is 0.636. The number of aromatic nitrogens is 2. The van der Waals surface area contributed by atoms with Gasteiger partial charge in [-0.2, -0.15) is 13.2 Å². The van der Waals surface area contributed by atoms with Crippen LogP contribution in [0.1, 0.15) is 36.5 Å². The Balaban J connectivity index is 2.28. The highest BCUT2D eigenvalue weighted by Crippen LogP contribution is 2.30. The summed E-state index contributed by atoms with van der Waals surface area (Å²) in [4.78, 5) is 6.60. The van der Waals surface area contributed by atoms with Gasteiger partial charge in [0, 0.05) is 5.69 Å². The summed E-state index contributed by atoms with van der Waals surface area (Å²) in [6.45, 7) is 1.39. The Hall–Kier alpha value is -1.18. The van der Waals surface area contributed by atoms with Gasteiger partial charge in [0.15, 0.2) is 9.84 Å². The lowest BCUT2D eigenvalue weighted by Gasteiger charge is -2.25. The van der Waals surface area contributed by atoms with Crippen molar-refractivity contribution in [3.05, 3.63) is 23.3 Å². The van der Waals surface area contributed by atoms with Gasteiger partial charge in [0.1, 0.15) is 0 Å². The average molecular weight is 294 g/mol. The van der Waals surface area contributed by atoms with E-state index < -0.39 is 32.8 Å². The molecule has 0 atom stereocenters. The molecule has 0 amide bonds. The first-order chi connectivity index (χ1) is 8.68. The van der Waals surface area contributed by atoms with Gasteiger partial charge in [-0.15, -0.1) is 0 Å². The van der Waals surface area contributed by atoms with E-state index in [-0.39, 0.29) is 11.4 Å². The van der Waals surface area contributed by atoms with Gasteiger partial charge in [-0.05, 0) is 25.8 Å². The van der Waals surface area contributed by atoms with Gasteiger partial charge in [-0.1, -0.05) is 6.42 Å². The maximum Gasteiger partial charge on any atom is 0.451 e. The largest absolute Gasteiger partial charge is 0.451 e.